The summed E-state index contributed by atoms with van der Waals surface area (Å²) in [5.41, 5.74) is 0.739. The predicted octanol–water partition coefficient (Wildman–Crippen LogP) is 4.72. The van der Waals surface area contributed by atoms with Crippen LogP contribution in [-0.4, -0.2) is 11.1 Å². The van der Waals surface area contributed by atoms with Gasteiger partial charge in [-0.2, -0.15) is 0 Å². The van der Waals surface area contributed by atoms with Gasteiger partial charge in [0.05, 0.1) is 6.42 Å². The van der Waals surface area contributed by atoms with Gasteiger partial charge in [-0.3, -0.25) is 4.79 Å². The molecule has 0 spiro atoms. The van der Waals surface area contributed by atoms with Crippen LogP contribution in [0.4, 0.5) is 0 Å². The van der Waals surface area contributed by atoms with Crippen LogP contribution in [-0.2, 0) is 11.2 Å². The van der Waals surface area contributed by atoms with Crippen LogP contribution in [0.15, 0.2) is 52.3 Å². The molecule has 0 saturated carbocycles. The van der Waals surface area contributed by atoms with Crippen molar-refractivity contribution in [2.45, 2.75) is 16.2 Å². The van der Waals surface area contributed by atoms with Crippen molar-refractivity contribution in [3.8, 4) is 0 Å². The first kappa shape index (κ1) is 14.7. The highest BCUT2D eigenvalue weighted by atomic mass is 127. The number of hydrogen-bond donors (Lipinski definition) is 1. The van der Waals surface area contributed by atoms with Gasteiger partial charge in [0, 0.05) is 18.4 Å². The van der Waals surface area contributed by atoms with E-state index >= 15 is 0 Å². The molecule has 0 radical (unpaired) electrons. The van der Waals surface area contributed by atoms with Crippen molar-refractivity contribution in [2.75, 3.05) is 0 Å². The van der Waals surface area contributed by atoms with Crippen LogP contribution in [0, 0.1) is 3.57 Å². The van der Waals surface area contributed by atoms with Crippen LogP contribution in [0.25, 0.3) is 0 Å². The zero-order valence-electron chi connectivity index (χ0n) is 9.77. The SMILES string of the molecule is O=C(O)Cc1cc(Cl)ccc1Sc1ccc(I)cc1. The highest BCUT2D eigenvalue weighted by Gasteiger charge is 2.09. The van der Waals surface area contributed by atoms with Crippen molar-refractivity contribution < 1.29 is 9.90 Å². The Bertz CT molecular complexity index is 599. The Labute approximate surface area is 134 Å². The zero-order valence-corrected chi connectivity index (χ0v) is 13.5. The lowest BCUT2D eigenvalue weighted by Gasteiger charge is -2.08. The van der Waals surface area contributed by atoms with E-state index in [0.29, 0.717) is 5.02 Å². The second-order valence-corrected chi connectivity index (χ2v) is 6.68. The van der Waals surface area contributed by atoms with Crippen LogP contribution in [0.1, 0.15) is 5.56 Å². The van der Waals surface area contributed by atoms with Gasteiger partial charge in [-0.25, -0.2) is 0 Å². The molecule has 0 aromatic heterocycles. The van der Waals surface area contributed by atoms with E-state index in [-0.39, 0.29) is 6.42 Å². The summed E-state index contributed by atoms with van der Waals surface area (Å²) in [4.78, 5) is 12.9. The van der Waals surface area contributed by atoms with Crippen molar-refractivity contribution in [3.63, 3.8) is 0 Å². The minimum Gasteiger partial charge on any atom is -0.481 e. The van der Waals surface area contributed by atoms with Gasteiger partial charge in [0.1, 0.15) is 0 Å². The summed E-state index contributed by atoms with van der Waals surface area (Å²) in [5.74, 6) is -0.855. The summed E-state index contributed by atoms with van der Waals surface area (Å²) in [5, 5.41) is 9.49. The number of aliphatic carboxylic acids is 1. The summed E-state index contributed by atoms with van der Waals surface area (Å²) < 4.78 is 1.17. The summed E-state index contributed by atoms with van der Waals surface area (Å²) in [7, 11) is 0. The Hall–Kier alpha value is -0.720. The molecular formula is C14H10ClIO2S. The molecule has 98 valence electrons. The summed E-state index contributed by atoms with van der Waals surface area (Å²) in [6, 6.07) is 13.4. The number of carbonyl (C=O) groups is 1. The highest BCUT2D eigenvalue weighted by Crippen LogP contribution is 2.32. The van der Waals surface area contributed by atoms with Crippen molar-refractivity contribution in [2.24, 2.45) is 0 Å². The molecule has 2 rings (SSSR count). The van der Waals surface area contributed by atoms with Gasteiger partial charge in [-0.1, -0.05) is 23.4 Å². The van der Waals surface area contributed by atoms with Crippen LogP contribution >= 0.6 is 46.0 Å². The second kappa shape index (κ2) is 6.63. The maximum Gasteiger partial charge on any atom is 0.307 e. The third-order valence-electron chi connectivity index (χ3n) is 2.41. The Morgan fingerprint density at radius 2 is 1.89 bits per heavy atom. The molecule has 0 aliphatic carbocycles. The fourth-order valence-electron chi connectivity index (χ4n) is 1.58. The molecule has 0 amide bonds. The first-order valence-electron chi connectivity index (χ1n) is 5.48. The van der Waals surface area contributed by atoms with E-state index in [9.17, 15) is 4.79 Å². The minimum absolute atomic E-state index is 0.0206. The van der Waals surface area contributed by atoms with E-state index in [1.54, 1.807) is 23.9 Å². The van der Waals surface area contributed by atoms with Crippen LogP contribution < -0.4 is 0 Å². The summed E-state index contributed by atoms with van der Waals surface area (Å²) >= 11 is 9.72. The van der Waals surface area contributed by atoms with Crippen molar-refractivity contribution in [1.29, 1.82) is 0 Å². The van der Waals surface area contributed by atoms with E-state index in [1.165, 1.54) is 3.57 Å². The van der Waals surface area contributed by atoms with Gasteiger partial charge in [0.15, 0.2) is 0 Å². The highest BCUT2D eigenvalue weighted by molar-refractivity contribution is 14.1. The molecule has 0 fully saturated rings. The Kier molecular flexibility index (Phi) is 5.13. The molecule has 1 N–H and O–H groups in total. The third kappa shape index (κ3) is 4.40. The van der Waals surface area contributed by atoms with Gasteiger partial charge >= 0.3 is 5.97 Å². The number of hydrogen-bond acceptors (Lipinski definition) is 2. The molecule has 5 heteroatoms. The standard InChI is InChI=1S/C14H10ClIO2S/c15-10-1-6-13(9(7-10)8-14(17)18)19-12-4-2-11(16)3-5-12/h1-7H,8H2,(H,17,18). The average Bonchev–Trinajstić information content (AvgIpc) is 2.34. The van der Waals surface area contributed by atoms with Crippen molar-refractivity contribution in [3.05, 3.63) is 56.6 Å². The number of benzene rings is 2. The number of rotatable bonds is 4. The average molecular weight is 405 g/mol. The molecule has 2 aromatic carbocycles. The molecular weight excluding hydrogens is 395 g/mol. The normalized spacial score (nSPS) is 10.4. The smallest absolute Gasteiger partial charge is 0.307 e. The van der Waals surface area contributed by atoms with Crippen LogP contribution in [0.3, 0.4) is 0 Å². The lowest BCUT2D eigenvalue weighted by Crippen LogP contribution is -2.01. The number of carboxylic acids is 1. The molecule has 2 nitrogen and oxygen atoms in total. The van der Waals surface area contributed by atoms with Gasteiger partial charge in [0.2, 0.25) is 0 Å². The molecule has 2 aromatic rings. The topological polar surface area (TPSA) is 37.3 Å². The molecule has 19 heavy (non-hydrogen) atoms. The number of halogens is 2. The molecule has 0 atom stereocenters. The van der Waals surface area contributed by atoms with E-state index < -0.39 is 5.97 Å². The summed E-state index contributed by atoms with van der Waals surface area (Å²) in [6.45, 7) is 0. The minimum atomic E-state index is -0.855. The molecule has 0 saturated heterocycles. The molecule has 0 unspecified atom stereocenters. The van der Waals surface area contributed by atoms with Gasteiger partial charge in [-0.15, -0.1) is 0 Å². The molecule has 0 heterocycles. The Balaban J connectivity index is 2.28. The van der Waals surface area contributed by atoms with E-state index in [2.05, 4.69) is 22.6 Å². The monoisotopic (exact) mass is 404 g/mol. The largest absolute Gasteiger partial charge is 0.481 e. The van der Waals surface area contributed by atoms with Crippen molar-refractivity contribution in [1.82, 2.24) is 0 Å². The van der Waals surface area contributed by atoms with Gasteiger partial charge in [-0.05, 0) is 70.6 Å². The van der Waals surface area contributed by atoms with E-state index in [4.69, 9.17) is 16.7 Å². The maximum absolute atomic E-state index is 10.9. The molecule has 0 bridgehead atoms. The fraction of sp³-hybridized carbons (Fsp3) is 0.0714. The summed E-state index contributed by atoms with van der Waals surface area (Å²) in [6.07, 6.45) is -0.0206. The fourth-order valence-corrected chi connectivity index (χ4v) is 3.06. The first-order chi connectivity index (χ1) is 9.04. The van der Waals surface area contributed by atoms with Crippen LogP contribution in [0.5, 0.6) is 0 Å². The molecule has 0 aliphatic rings. The Morgan fingerprint density at radius 3 is 2.53 bits per heavy atom. The lowest BCUT2D eigenvalue weighted by molar-refractivity contribution is -0.136. The Morgan fingerprint density at radius 1 is 1.21 bits per heavy atom. The third-order valence-corrected chi connectivity index (χ3v) is 4.49. The van der Waals surface area contributed by atoms with Crippen molar-refractivity contribution >= 4 is 51.9 Å². The van der Waals surface area contributed by atoms with Gasteiger partial charge < -0.3 is 5.11 Å². The van der Waals surface area contributed by atoms with E-state index in [1.807, 2.05) is 30.3 Å². The number of carboxylic acid groups (broad SMARTS) is 1. The predicted molar refractivity (Wildman–Crippen MR) is 86.1 cm³/mol. The van der Waals surface area contributed by atoms with Gasteiger partial charge in [0.25, 0.3) is 0 Å². The zero-order chi connectivity index (χ0) is 13.8. The molecule has 0 aliphatic heterocycles. The first-order valence-corrected chi connectivity index (χ1v) is 7.75. The van der Waals surface area contributed by atoms with Crippen LogP contribution in [0.2, 0.25) is 5.02 Å². The second-order valence-electron chi connectivity index (χ2n) is 3.88. The lowest BCUT2D eigenvalue weighted by atomic mass is 10.1. The maximum atomic E-state index is 10.9. The quantitative estimate of drug-likeness (QED) is 0.749. The van der Waals surface area contributed by atoms with E-state index in [0.717, 1.165) is 15.4 Å².